The summed E-state index contributed by atoms with van der Waals surface area (Å²) in [6, 6.07) is 0.414. The number of nitrogens with zero attached hydrogens (tertiary/aromatic N) is 3. The van der Waals surface area contributed by atoms with Gasteiger partial charge in [0.2, 0.25) is 0 Å². The average Bonchev–Trinajstić information content (AvgIpc) is 2.35. The van der Waals surface area contributed by atoms with Crippen LogP contribution in [0.4, 0.5) is 0 Å². The van der Waals surface area contributed by atoms with E-state index in [2.05, 4.69) is 35.6 Å². The molecule has 1 aromatic heterocycles. The normalized spacial score (nSPS) is 12.7. The van der Waals surface area contributed by atoms with Gasteiger partial charge in [0.05, 0.1) is 5.69 Å². The lowest BCUT2D eigenvalue weighted by molar-refractivity contribution is 0.0692. The van der Waals surface area contributed by atoms with Crippen LogP contribution in [0, 0.1) is 0 Å². The first-order valence-corrected chi connectivity index (χ1v) is 5.86. The highest BCUT2D eigenvalue weighted by Crippen LogP contribution is 2.11. The summed E-state index contributed by atoms with van der Waals surface area (Å²) in [6.07, 6.45) is 3.78. The highest BCUT2D eigenvalue weighted by molar-refractivity contribution is 5.88. The Hall–Kier alpha value is -1.49. The molecule has 94 valence electrons. The van der Waals surface area contributed by atoms with Crippen molar-refractivity contribution in [3.8, 4) is 0 Å². The van der Waals surface area contributed by atoms with Crippen LogP contribution in [0.2, 0.25) is 0 Å². The molecule has 0 radical (unpaired) electrons. The molecule has 5 nitrogen and oxygen atoms in total. The molecule has 5 heteroatoms. The zero-order valence-electron chi connectivity index (χ0n) is 10.6. The second-order valence-corrected chi connectivity index (χ2v) is 4.01. The number of carboxylic acid groups (broad SMARTS) is 1. The van der Waals surface area contributed by atoms with Gasteiger partial charge in [-0.2, -0.15) is 0 Å². The number of carboxylic acids is 1. The largest absolute Gasteiger partial charge is 0.478 e. The Balaban J connectivity index is 2.89. The van der Waals surface area contributed by atoms with E-state index < -0.39 is 5.97 Å². The molecule has 0 spiro atoms. The third-order valence-corrected chi connectivity index (χ3v) is 3.00. The van der Waals surface area contributed by atoms with E-state index in [1.807, 2.05) is 0 Å². The molecule has 17 heavy (non-hydrogen) atoms. The Kier molecular flexibility index (Phi) is 5.03. The minimum absolute atomic E-state index is 0.189. The van der Waals surface area contributed by atoms with Crippen LogP contribution in [0.1, 0.15) is 43.2 Å². The van der Waals surface area contributed by atoms with E-state index in [-0.39, 0.29) is 5.56 Å². The summed E-state index contributed by atoms with van der Waals surface area (Å²) in [5.74, 6) is -0.971. The average molecular weight is 237 g/mol. The van der Waals surface area contributed by atoms with E-state index in [4.69, 9.17) is 5.11 Å². The maximum Gasteiger partial charge on any atom is 0.339 e. The fourth-order valence-corrected chi connectivity index (χ4v) is 1.69. The van der Waals surface area contributed by atoms with Crippen LogP contribution in [0.15, 0.2) is 12.5 Å². The van der Waals surface area contributed by atoms with Gasteiger partial charge in [-0.25, -0.2) is 14.8 Å². The summed E-state index contributed by atoms with van der Waals surface area (Å²) >= 11 is 0. The van der Waals surface area contributed by atoms with Crippen LogP contribution in [-0.2, 0) is 6.54 Å². The fourth-order valence-electron chi connectivity index (χ4n) is 1.69. The summed E-state index contributed by atoms with van der Waals surface area (Å²) in [5.41, 5.74) is 0.768. The number of rotatable bonds is 6. The SMILES string of the molecule is CCC(C)N(CC)Cc1ncncc1C(=O)O. The van der Waals surface area contributed by atoms with Gasteiger partial charge in [0, 0.05) is 18.8 Å². The van der Waals surface area contributed by atoms with E-state index >= 15 is 0 Å². The number of hydrogen-bond acceptors (Lipinski definition) is 4. The molecule has 0 saturated carbocycles. The monoisotopic (exact) mass is 237 g/mol. The summed E-state index contributed by atoms with van der Waals surface area (Å²) in [4.78, 5) is 21.1. The van der Waals surface area contributed by atoms with Crippen molar-refractivity contribution in [2.45, 2.75) is 39.8 Å². The van der Waals surface area contributed by atoms with Crippen molar-refractivity contribution < 1.29 is 9.90 Å². The number of hydrogen-bond donors (Lipinski definition) is 1. The molecule has 0 bridgehead atoms. The molecule has 0 aromatic carbocycles. The Bertz CT molecular complexity index is 382. The highest BCUT2D eigenvalue weighted by Gasteiger charge is 2.16. The van der Waals surface area contributed by atoms with E-state index in [1.54, 1.807) is 0 Å². The number of aromatic nitrogens is 2. The van der Waals surface area contributed by atoms with Crippen LogP contribution in [0.3, 0.4) is 0 Å². The summed E-state index contributed by atoms with van der Waals surface area (Å²) in [5, 5.41) is 9.05. The van der Waals surface area contributed by atoms with E-state index in [9.17, 15) is 4.79 Å². The van der Waals surface area contributed by atoms with Crippen molar-refractivity contribution in [2.24, 2.45) is 0 Å². The van der Waals surface area contributed by atoms with Crippen LogP contribution in [0.5, 0.6) is 0 Å². The molecule has 0 amide bonds. The first-order valence-electron chi connectivity index (χ1n) is 5.86. The predicted molar refractivity (Wildman–Crippen MR) is 64.8 cm³/mol. The van der Waals surface area contributed by atoms with Gasteiger partial charge in [-0.3, -0.25) is 4.90 Å². The number of carbonyl (C=O) groups is 1. The summed E-state index contributed by atoms with van der Waals surface area (Å²) < 4.78 is 0. The first-order chi connectivity index (χ1) is 8.10. The highest BCUT2D eigenvalue weighted by atomic mass is 16.4. The van der Waals surface area contributed by atoms with Crippen molar-refractivity contribution in [1.29, 1.82) is 0 Å². The van der Waals surface area contributed by atoms with Gasteiger partial charge < -0.3 is 5.11 Å². The topological polar surface area (TPSA) is 66.3 Å². The second-order valence-electron chi connectivity index (χ2n) is 4.01. The standard InChI is InChI=1S/C12H19N3O2/c1-4-9(3)15(5-2)7-11-10(12(16)17)6-13-8-14-11/h6,8-9H,4-5,7H2,1-3H3,(H,16,17). The minimum Gasteiger partial charge on any atom is -0.478 e. The zero-order chi connectivity index (χ0) is 12.8. The lowest BCUT2D eigenvalue weighted by atomic mass is 10.1. The summed E-state index contributed by atoms with van der Waals surface area (Å²) in [7, 11) is 0. The van der Waals surface area contributed by atoms with Gasteiger partial charge in [-0.05, 0) is 19.9 Å². The lowest BCUT2D eigenvalue weighted by Crippen LogP contribution is -2.32. The third kappa shape index (κ3) is 3.49. The van der Waals surface area contributed by atoms with Crippen LogP contribution >= 0.6 is 0 Å². The fraction of sp³-hybridized carbons (Fsp3) is 0.583. The maximum atomic E-state index is 11.0. The quantitative estimate of drug-likeness (QED) is 0.817. The smallest absolute Gasteiger partial charge is 0.339 e. The maximum absolute atomic E-state index is 11.0. The molecule has 0 aliphatic carbocycles. The van der Waals surface area contributed by atoms with E-state index in [0.717, 1.165) is 13.0 Å². The van der Waals surface area contributed by atoms with Crippen molar-refractivity contribution in [2.75, 3.05) is 6.54 Å². The third-order valence-electron chi connectivity index (χ3n) is 3.00. The molecular formula is C12H19N3O2. The number of aromatic carboxylic acids is 1. The van der Waals surface area contributed by atoms with Gasteiger partial charge in [-0.15, -0.1) is 0 Å². The Morgan fingerprint density at radius 1 is 1.53 bits per heavy atom. The Morgan fingerprint density at radius 2 is 2.24 bits per heavy atom. The predicted octanol–water partition coefficient (Wildman–Crippen LogP) is 1.80. The molecule has 0 aliphatic rings. The van der Waals surface area contributed by atoms with Gasteiger partial charge >= 0.3 is 5.97 Å². The second kappa shape index (κ2) is 6.30. The molecule has 1 rings (SSSR count). The minimum atomic E-state index is -0.971. The van der Waals surface area contributed by atoms with Crippen molar-refractivity contribution in [3.05, 3.63) is 23.8 Å². The van der Waals surface area contributed by atoms with Crippen LogP contribution < -0.4 is 0 Å². The van der Waals surface area contributed by atoms with Crippen molar-refractivity contribution in [1.82, 2.24) is 14.9 Å². The van der Waals surface area contributed by atoms with Crippen molar-refractivity contribution in [3.63, 3.8) is 0 Å². The molecule has 0 aliphatic heterocycles. The summed E-state index contributed by atoms with van der Waals surface area (Å²) in [6.45, 7) is 7.73. The molecular weight excluding hydrogens is 218 g/mol. The first kappa shape index (κ1) is 13.6. The zero-order valence-corrected chi connectivity index (χ0v) is 10.6. The molecule has 1 unspecified atom stereocenters. The van der Waals surface area contributed by atoms with E-state index in [1.165, 1.54) is 12.5 Å². The van der Waals surface area contributed by atoms with Crippen LogP contribution in [0.25, 0.3) is 0 Å². The van der Waals surface area contributed by atoms with Gasteiger partial charge in [0.1, 0.15) is 11.9 Å². The molecule has 0 fully saturated rings. The Labute approximate surface area is 102 Å². The molecule has 1 atom stereocenters. The van der Waals surface area contributed by atoms with Gasteiger partial charge in [0.15, 0.2) is 0 Å². The van der Waals surface area contributed by atoms with Gasteiger partial charge in [-0.1, -0.05) is 13.8 Å². The lowest BCUT2D eigenvalue weighted by Gasteiger charge is -2.26. The molecule has 1 heterocycles. The Morgan fingerprint density at radius 3 is 2.76 bits per heavy atom. The van der Waals surface area contributed by atoms with Gasteiger partial charge in [0.25, 0.3) is 0 Å². The van der Waals surface area contributed by atoms with Crippen molar-refractivity contribution >= 4 is 5.97 Å². The van der Waals surface area contributed by atoms with Crippen LogP contribution in [-0.4, -0.2) is 38.5 Å². The molecule has 1 N–H and O–H groups in total. The molecule has 1 aromatic rings. The van der Waals surface area contributed by atoms with E-state index in [0.29, 0.717) is 18.3 Å². The molecule has 0 saturated heterocycles.